The molecule has 0 bridgehead atoms. The van der Waals surface area contributed by atoms with E-state index in [9.17, 15) is 0 Å². The van der Waals surface area contributed by atoms with Crippen LogP contribution >= 0.6 is 0 Å². The van der Waals surface area contributed by atoms with Crippen LogP contribution in [0.4, 0.5) is 5.69 Å². The fourth-order valence-corrected chi connectivity index (χ4v) is 1.02. The molecule has 1 rings (SSSR count). The Morgan fingerprint density at radius 2 is 2.08 bits per heavy atom. The second kappa shape index (κ2) is 6.49. The lowest BCUT2D eigenvalue weighted by Crippen LogP contribution is -2.09. The molecule has 0 aliphatic heterocycles. The third-order valence-corrected chi connectivity index (χ3v) is 1.64. The Morgan fingerprint density at radius 1 is 1.31 bits per heavy atom. The van der Waals surface area contributed by atoms with Crippen LogP contribution in [0.2, 0.25) is 0 Å². The number of nitrogens with one attached hydrogen (secondary N) is 1. The monoisotopic (exact) mass is 178 g/mol. The molecule has 71 valence electrons. The lowest BCUT2D eigenvalue weighted by molar-refractivity contribution is 0.144. The molecule has 2 nitrogen and oxygen atoms in total. The molecule has 0 aromatic heterocycles. The van der Waals surface area contributed by atoms with Crippen LogP contribution in [-0.4, -0.2) is 19.8 Å². The van der Waals surface area contributed by atoms with Crippen LogP contribution in [-0.2, 0) is 4.74 Å². The van der Waals surface area contributed by atoms with Crippen LogP contribution in [0.3, 0.4) is 0 Å². The third-order valence-electron chi connectivity index (χ3n) is 1.64. The van der Waals surface area contributed by atoms with Crippen molar-refractivity contribution < 1.29 is 4.74 Å². The van der Waals surface area contributed by atoms with Gasteiger partial charge in [0.15, 0.2) is 0 Å². The van der Waals surface area contributed by atoms with E-state index in [0.717, 1.165) is 31.9 Å². The average Bonchev–Trinajstić information content (AvgIpc) is 2.19. The smallest absolute Gasteiger partial charge is 0.0639 e. The van der Waals surface area contributed by atoms with Gasteiger partial charge in [0.2, 0.25) is 0 Å². The Balaban J connectivity index is 2.07. The predicted octanol–water partition coefficient (Wildman–Crippen LogP) is 2.33. The molecule has 0 aliphatic carbocycles. The Hall–Kier alpha value is -1.02. The van der Waals surface area contributed by atoms with Crippen molar-refractivity contribution in [3.8, 4) is 0 Å². The van der Waals surface area contributed by atoms with Crippen LogP contribution in [0.5, 0.6) is 0 Å². The highest BCUT2D eigenvalue weighted by atomic mass is 16.5. The van der Waals surface area contributed by atoms with Crippen LogP contribution in [0.1, 0.15) is 13.3 Å². The molecule has 0 aliphatic rings. The van der Waals surface area contributed by atoms with Crippen molar-refractivity contribution in [3.63, 3.8) is 0 Å². The minimum absolute atomic E-state index is 0.770. The molecule has 1 radical (unpaired) electrons. The molecule has 13 heavy (non-hydrogen) atoms. The summed E-state index contributed by atoms with van der Waals surface area (Å²) in [5.74, 6) is 0. The molecular weight excluding hydrogens is 162 g/mol. The van der Waals surface area contributed by atoms with Gasteiger partial charge in [0, 0.05) is 18.8 Å². The van der Waals surface area contributed by atoms with Crippen molar-refractivity contribution >= 4 is 5.69 Å². The number of hydrogen-bond donors (Lipinski definition) is 1. The maximum absolute atomic E-state index is 5.33. The fourth-order valence-electron chi connectivity index (χ4n) is 1.02. The zero-order chi connectivity index (χ0) is 9.36. The first kappa shape index (κ1) is 10.1. The molecule has 0 atom stereocenters. The molecule has 0 amide bonds. The predicted molar refractivity (Wildman–Crippen MR) is 54.9 cm³/mol. The van der Waals surface area contributed by atoms with Gasteiger partial charge in [-0.2, -0.15) is 0 Å². The van der Waals surface area contributed by atoms with E-state index in [0.29, 0.717) is 0 Å². The van der Waals surface area contributed by atoms with E-state index in [4.69, 9.17) is 4.74 Å². The lowest BCUT2D eigenvalue weighted by atomic mass is 10.3. The van der Waals surface area contributed by atoms with Crippen LogP contribution < -0.4 is 5.32 Å². The van der Waals surface area contributed by atoms with Gasteiger partial charge in [0.05, 0.1) is 6.61 Å². The normalized spacial score (nSPS) is 9.92. The molecular formula is C11H16NO. The van der Waals surface area contributed by atoms with Gasteiger partial charge in [-0.25, -0.2) is 0 Å². The summed E-state index contributed by atoms with van der Waals surface area (Å²) in [6.07, 6.45) is 1.08. The van der Waals surface area contributed by atoms with E-state index in [-0.39, 0.29) is 0 Å². The summed E-state index contributed by atoms with van der Waals surface area (Å²) < 4.78 is 5.33. The lowest BCUT2D eigenvalue weighted by Gasteiger charge is -2.05. The molecule has 0 fully saturated rings. The van der Waals surface area contributed by atoms with E-state index < -0.39 is 0 Å². The first-order chi connectivity index (χ1) is 6.43. The highest BCUT2D eigenvalue weighted by Crippen LogP contribution is 2.03. The maximum Gasteiger partial charge on any atom is 0.0639 e. The number of benzene rings is 1. The van der Waals surface area contributed by atoms with Gasteiger partial charge in [-0.05, 0) is 24.6 Å². The highest BCUT2D eigenvalue weighted by molar-refractivity contribution is 5.41. The van der Waals surface area contributed by atoms with Crippen molar-refractivity contribution in [3.05, 3.63) is 30.3 Å². The van der Waals surface area contributed by atoms with E-state index >= 15 is 0 Å². The van der Waals surface area contributed by atoms with E-state index in [2.05, 4.69) is 18.3 Å². The highest BCUT2D eigenvalue weighted by Gasteiger charge is 1.88. The molecule has 0 spiro atoms. The fraction of sp³-hybridized carbons (Fsp3) is 0.455. The third kappa shape index (κ3) is 4.53. The molecule has 2 heteroatoms. The molecule has 0 saturated heterocycles. The number of hydrogen-bond acceptors (Lipinski definition) is 2. The van der Waals surface area contributed by atoms with Gasteiger partial charge in [0.25, 0.3) is 0 Å². The zero-order valence-electron chi connectivity index (χ0n) is 8.05. The van der Waals surface area contributed by atoms with Crippen molar-refractivity contribution in [1.82, 2.24) is 0 Å². The average molecular weight is 178 g/mol. The van der Waals surface area contributed by atoms with Crippen molar-refractivity contribution in [1.29, 1.82) is 0 Å². The van der Waals surface area contributed by atoms with Gasteiger partial charge < -0.3 is 10.1 Å². The van der Waals surface area contributed by atoms with Gasteiger partial charge in [-0.1, -0.05) is 19.1 Å². The van der Waals surface area contributed by atoms with Gasteiger partial charge in [0.1, 0.15) is 0 Å². The summed E-state index contributed by atoms with van der Waals surface area (Å²) in [6.45, 7) is 4.60. The minimum Gasteiger partial charge on any atom is -0.383 e. The van der Waals surface area contributed by atoms with Crippen molar-refractivity contribution in [2.24, 2.45) is 0 Å². The van der Waals surface area contributed by atoms with Gasteiger partial charge in [-0.15, -0.1) is 0 Å². The van der Waals surface area contributed by atoms with Crippen LogP contribution in [0.25, 0.3) is 0 Å². The number of rotatable bonds is 6. The summed E-state index contributed by atoms with van der Waals surface area (Å²) in [6, 6.07) is 10.8. The van der Waals surface area contributed by atoms with E-state index in [1.165, 1.54) is 0 Å². The van der Waals surface area contributed by atoms with Crippen LogP contribution in [0.15, 0.2) is 24.3 Å². The molecule has 0 saturated carbocycles. The Morgan fingerprint density at radius 3 is 2.77 bits per heavy atom. The standard InChI is InChI=1S/C11H16NO/c1-2-9-13-10-8-12-11-6-4-3-5-7-11/h4-7,12H,2,8-10H2,1H3. The molecule has 1 aromatic rings. The van der Waals surface area contributed by atoms with Gasteiger partial charge in [-0.3, -0.25) is 0 Å². The first-order valence-electron chi connectivity index (χ1n) is 4.71. The molecule has 0 unspecified atom stereocenters. The van der Waals surface area contributed by atoms with Crippen molar-refractivity contribution in [2.75, 3.05) is 25.1 Å². The second-order valence-electron chi connectivity index (χ2n) is 2.83. The van der Waals surface area contributed by atoms with Crippen LogP contribution in [0, 0.1) is 6.07 Å². The van der Waals surface area contributed by atoms with E-state index in [1.807, 2.05) is 24.3 Å². The molecule has 0 heterocycles. The SMILES string of the molecule is CCCOCCNc1cc[c]cc1. The minimum atomic E-state index is 0.770. The number of anilines is 1. The second-order valence-corrected chi connectivity index (χ2v) is 2.83. The largest absolute Gasteiger partial charge is 0.383 e. The summed E-state index contributed by atoms with van der Waals surface area (Å²) in [4.78, 5) is 0. The number of ether oxygens (including phenoxy) is 1. The molecule has 1 N–H and O–H groups in total. The summed E-state index contributed by atoms with van der Waals surface area (Å²) in [7, 11) is 0. The summed E-state index contributed by atoms with van der Waals surface area (Å²) in [5, 5.41) is 3.26. The molecule has 1 aromatic carbocycles. The topological polar surface area (TPSA) is 21.3 Å². The Kier molecular flexibility index (Phi) is 5.02. The summed E-state index contributed by atoms with van der Waals surface area (Å²) in [5.41, 5.74) is 1.12. The quantitative estimate of drug-likeness (QED) is 0.675. The van der Waals surface area contributed by atoms with Crippen molar-refractivity contribution in [2.45, 2.75) is 13.3 Å². The van der Waals surface area contributed by atoms with Gasteiger partial charge >= 0.3 is 0 Å². The maximum atomic E-state index is 5.33. The Labute approximate surface area is 79.9 Å². The summed E-state index contributed by atoms with van der Waals surface area (Å²) >= 11 is 0. The first-order valence-corrected chi connectivity index (χ1v) is 4.71. The van der Waals surface area contributed by atoms with E-state index in [1.54, 1.807) is 0 Å². The Bertz CT molecular complexity index is 211. The zero-order valence-corrected chi connectivity index (χ0v) is 8.05.